The van der Waals surface area contributed by atoms with Gasteiger partial charge in [0.1, 0.15) is 0 Å². The van der Waals surface area contributed by atoms with E-state index in [9.17, 15) is 8.42 Å². The van der Waals surface area contributed by atoms with Gasteiger partial charge in [-0.25, -0.2) is 12.4 Å². The number of aromatic nitrogens is 1. The van der Waals surface area contributed by atoms with Crippen molar-refractivity contribution in [1.29, 1.82) is 0 Å². The summed E-state index contributed by atoms with van der Waals surface area (Å²) >= 11 is 0. The third kappa shape index (κ3) is 4.33. The van der Waals surface area contributed by atoms with Crippen molar-refractivity contribution < 1.29 is 8.42 Å². The van der Waals surface area contributed by atoms with Crippen LogP contribution in [-0.4, -0.2) is 67.5 Å². The minimum absolute atomic E-state index is 0.0373. The van der Waals surface area contributed by atoms with Crippen LogP contribution in [0, 0.1) is 6.92 Å². The highest BCUT2D eigenvalue weighted by Gasteiger charge is 2.23. The van der Waals surface area contributed by atoms with Crippen molar-refractivity contribution in [3.05, 3.63) is 83.6 Å². The van der Waals surface area contributed by atoms with Gasteiger partial charge in [-0.05, 0) is 42.8 Å². The van der Waals surface area contributed by atoms with Crippen LogP contribution in [0.4, 0.5) is 0 Å². The Hall–Kier alpha value is -3.16. The average Bonchev–Trinajstić information content (AvgIpc) is 3.14. The first-order valence-corrected chi connectivity index (χ1v) is 13.3. The zero-order valence-corrected chi connectivity index (χ0v) is 20.5. The van der Waals surface area contributed by atoms with E-state index in [1.807, 2.05) is 61.7 Å². The van der Waals surface area contributed by atoms with Gasteiger partial charge in [-0.15, -0.1) is 0 Å². The van der Waals surface area contributed by atoms with Crippen molar-refractivity contribution >= 4 is 37.9 Å². The summed E-state index contributed by atoms with van der Waals surface area (Å²) in [6.45, 7) is 5.56. The van der Waals surface area contributed by atoms with E-state index < -0.39 is 10.0 Å². The highest BCUT2D eigenvalue weighted by molar-refractivity contribution is 7.90. The van der Waals surface area contributed by atoms with Gasteiger partial charge in [-0.1, -0.05) is 60.7 Å². The zero-order valence-electron chi connectivity index (χ0n) is 19.7. The van der Waals surface area contributed by atoms with Gasteiger partial charge < -0.3 is 4.90 Å². The van der Waals surface area contributed by atoms with Crippen LogP contribution in [0.5, 0.6) is 0 Å². The van der Waals surface area contributed by atoms with E-state index in [2.05, 4.69) is 35.2 Å². The van der Waals surface area contributed by atoms with Gasteiger partial charge in [0.05, 0.1) is 17.5 Å². The number of hydrogen-bond donors (Lipinski definition) is 0. The molecule has 0 bridgehead atoms. The number of benzene rings is 3. The molecule has 0 atom stereocenters. The molecule has 0 amide bonds. The summed E-state index contributed by atoms with van der Waals surface area (Å²) in [5.74, 6) is 0.0373. The zero-order chi connectivity index (χ0) is 23.7. The van der Waals surface area contributed by atoms with Gasteiger partial charge in [0.15, 0.2) is 0 Å². The van der Waals surface area contributed by atoms with E-state index in [4.69, 9.17) is 5.10 Å². The lowest BCUT2D eigenvalue weighted by Crippen LogP contribution is -2.41. The van der Waals surface area contributed by atoms with Crippen molar-refractivity contribution in [2.45, 2.75) is 13.3 Å². The molecule has 176 valence electrons. The lowest BCUT2D eigenvalue weighted by molar-refractivity contribution is 0.159. The summed E-state index contributed by atoms with van der Waals surface area (Å²) < 4.78 is 28.8. The molecular formula is C27H30N4O2S. The molecule has 0 N–H and O–H groups in total. The first-order chi connectivity index (χ1) is 16.4. The number of likely N-dealkylation sites (N-methyl/N-ethyl adjacent to an activating group) is 1. The Morgan fingerprint density at radius 3 is 2.35 bits per heavy atom. The Morgan fingerprint density at radius 1 is 0.882 bits per heavy atom. The summed E-state index contributed by atoms with van der Waals surface area (Å²) in [6.07, 6.45) is 2.29. The molecule has 0 spiro atoms. The topological polar surface area (TPSA) is 57.9 Å². The quantitative estimate of drug-likeness (QED) is 0.395. The number of para-hydroxylation sites is 1. The molecular weight excluding hydrogens is 444 g/mol. The monoisotopic (exact) mass is 474 g/mol. The molecule has 1 aromatic heterocycles. The van der Waals surface area contributed by atoms with E-state index in [-0.39, 0.29) is 5.75 Å². The van der Waals surface area contributed by atoms with Crippen molar-refractivity contribution in [2.75, 3.05) is 39.0 Å². The standard InChI is InChI=1S/C27H30N4O2S/c1-21-26(20-28-30-17-15-29(2)16-18-30)25-12-5-6-13-27(25)31(21)34(32,33)19-14-23-10-7-9-22-8-3-4-11-24(22)23/h3-13,20H,14-19H2,1-2H3. The third-order valence-electron chi connectivity index (χ3n) is 6.72. The Labute approximate surface area is 201 Å². The molecule has 1 fully saturated rings. The second kappa shape index (κ2) is 9.24. The number of hydrogen-bond acceptors (Lipinski definition) is 5. The molecule has 0 aliphatic carbocycles. The van der Waals surface area contributed by atoms with E-state index in [0.29, 0.717) is 17.6 Å². The maximum Gasteiger partial charge on any atom is 0.239 e. The number of rotatable bonds is 6. The molecule has 4 aromatic rings. The second-order valence-electron chi connectivity index (χ2n) is 8.99. The van der Waals surface area contributed by atoms with Crippen molar-refractivity contribution in [2.24, 2.45) is 5.10 Å². The van der Waals surface area contributed by atoms with Crippen LogP contribution in [0.3, 0.4) is 0 Å². The van der Waals surface area contributed by atoms with Gasteiger partial charge >= 0.3 is 0 Å². The number of fused-ring (bicyclic) bond motifs is 2. The summed E-state index contributed by atoms with van der Waals surface area (Å²) in [6, 6.07) is 21.9. The highest BCUT2D eigenvalue weighted by Crippen LogP contribution is 2.27. The van der Waals surface area contributed by atoms with Gasteiger partial charge in [0.25, 0.3) is 0 Å². The lowest BCUT2D eigenvalue weighted by atomic mass is 10.0. The van der Waals surface area contributed by atoms with Gasteiger partial charge in [0, 0.05) is 42.8 Å². The smallest absolute Gasteiger partial charge is 0.239 e. The molecule has 34 heavy (non-hydrogen) atoms. The predicted octanol–water partition coefficient (Wildman–Crippen LogP) is 4.10. The molecule has 1 aliphatic rings. The number of hydrazone groups is 1. The summed E-state index contributed by atoms with van der Waals surface area (Å²) in [4.78, 5) is 2.28. The van der Waals surface area contributed by atoms with E-state index in [0.717, 1.165) is 53.5 Å². The molecule has 3 aromatic carbocycles. The predicted molar refractivity (Wildman–Crippen MR) is 140 cm³/mol. The number of aryl methyl sites for hydroxylation is 1. The lowest BCUT2D eigenvalue weighted by Gasteiger charge is -2.30. The molecule has 1 saturated heterocycles. The van der Waals surface area contributed by atoms with Crippen molar-refractivity contribution in [3.8, 4) is 0 Å². The minimum Gasteiger partial charge on any atom is -0.303 e. The molecule has 2 heterocycles. The highest BCUT2D eigenvalue weighted by atomic mass is 32.2. The van der Waals surface area contributed by atoms with Crippen LogP contribution in [0.25, 0.3) is 21.7 Å². The average molecular weight is 475 g/mol. The Balaban J connectivity index is 1.47. The normalized spacial score (nSPS) is 15.6. The SMILES string of the molecule is Cc1c(C=NN2CCN(C)CC2)c2ccccc2n1S(=O)(=O)CCc1cccc2ccccc12. The number of nitrogens with zero attached hydrogens (tertiary/aromatic N) is 4. The van der Waals surface area contributed by atoms with E-state index in [1.54, 1.807) is 0 Å². The van der Waals surface area contributed by atoms with Crippen molar-refractivity contribution in [3.63, 3.8) is 0 Å². The first-order valence-electron chi connectivity index (χ1n) is 11.7. The van der Waals surface area contributed by atoms with Gasteiger partial charge in [0.2, 0.25) is 10.0 Å². The number of piperazine rings is 1. The summed E-state index contributed by atoms with van der Waals surface area (Å²) in [5.41, 5.74) is 3.32. The van der Waals surface area contributed by atoms with Crippen LogP contribution < -0.4 is 0 Å². The molecule has 7 heteroatoms. The minimum atomic E-state index is -3.58. The van der Waals surface area contributed by atoms with Crippen LogP contribution >= 0.6 is 0 Å². The fraction of sp³-hybridized carbons (Fsp3) is 0.296. The Bertz CT molecular complexity index is 1460. The van der Waals surface area contributed by atoms with Crippen LogP contribution in [-0.2, 0) is 16.4 Å². The fourth-order valence-electron chi connectivity index (χ4n) is 4.78. The molecule has 5 rings (SSSR count). The largest absolute Gasteiger partial charge is 0.303 e. The molecule has 1 aliphatic heterocycles. The van der Waals surface area contributed by atoms with Crippen LogP contribution in [0.15, 0.2) is 71.8 Å². The van der Waals surface area contributed by atoms with E-state index >= 15 is 0 Å². The third-order valence-corrected chi connectivity index (χ3v) is 8.47. The van der Waals surface area contributed by atoms with Crippen molar-refractivity contribution in [1.82, 2.24) is 13.9 Å². The summed E-state index contributed by atoms with van der Waals surface area (Å²) in [5, 5.41) is 9.89. The summed E-state index contributed by atoms with van der Waals surface area (Å²) in [7, 11) is -1.47. The fourth-order valence-corrected chi connectivity index (χ4v) is 6.41. The van der Waals surface area contributed by atoms with Gasteiger partial charge in [-0.3, -0.25) is 5.01 Å². The maximum absolute atomic E-state index is 13.6. The van der Waals surface area contributed by atoms with Crippen LogP contribution in [0.1, 0.15) is 16.8 Å². The van der Waals surface area contributed by atoms with E-state index in [1.165, 1.54) is 3.97 Å². The van der Waals surface area contributed by atoms with Crippen LogP contribution in [0.2, 0.25) is 0 Å². The second-order valence-corrected chi connectivity index (χ2v) is 10.9. The molecule has 6 nitrogen and oxygen atoms in total. The Kier molecular flexibility index (Phi) is 6.15. The maximum atomic E-state index is 13.6. The Morgan fingerprint density at radius 2 is 1.56 bits per heavy atom. The molecule has 0 radical (unpaired) electrons. The molecule has 0 unspecified atom stereocenters. The first kappa shape index (κ1) is 22.6. The molecule has 0 saturated carbocycles. The van der Waals surface area contributed by atoms with Gasteiger partial charge in [-0.2, -0.15) is 5.10 Å².